The third-order valence-corrected chi connectivity index (χ3v) is 5.85. The second kappa shape index (κ2) is 7.47. The van der Waals surface area contributed by atoms with Gasteiger partial charge in [0.15, 0.2) is 5.82 Å². The molecule has 1 aliphatic rings. The van der Waals surface area contributed by atoms with E-state index < -0.39 is 10.0 Å². The van der Waals surface area contributed by atoms with Crippen LogP contribution in [-0.4, -0.2) is 52.1 Å². The quantitative estimate of drug-likeness (QED) is 0.654. The minimum atomic E-state index is -3.85. The Bertz CT molecular complexity index is 1070. The molecule has 1 amide bonds. The van der Waals surface area contributed by atoms with Crippen LogP contribution in [0.4, 0.5) is 5.82 Å². The standard InChI is InChI=1S/C18H20N6O3S/c25-18(23-8-3-4-9-23)16-11-15(12-20-16)28(26,27)22-17-6-10-24(21-17)13-14-5-1-2-7-19-14/h1-2,5-7,10-12,20H,3-4,8-9,13H2,(H,21,22). The molecule has 0 atom stereocenters. The minimum Gasteiger partial charge on any atom is -0.356 e. The molecule has 0 unspecified atom stereocenters. The first-order valence-corrected chi connectivity index (χ1v) is 10.4. The highest BCUT2D eigenvalue weighted by Crippen LogP contribution is 2.18. The summed E-state index contributed by atoms with van der Waals surface area (Å²) in [4.78, 5) is 21.1. The number of H-pyrrole nitrogens is 1. The molecule has 0 saturated carbocycles. The summed E-state index contributed by atoms with van der Waals surface area (Å²) in [5.41, 5.74) is 1.08. The van der Waals surface area contributed by atoms with Crippen molar-refractivity contribution >= 4 is 21.7 Å². The first-order chi connectivity index (χ1) is 13.5. The summed E-state index contributed by atoms with van der Waals surface area (Å²) in [5.74, 6) is 0.0168. The third kappa shape index (κ3) is 3.91. The number of nitrogens with one attached hydrogen (secondary N) is 2. The van der Waals surface area contributed by atoms with E-state index in [2.05, 4.69) is 19.8 Å². The summed E-state index contributed by atoms with van der Waals surface area (Å²) < 4.78 is 29.3. The van der Waals surface area contributed by atoms with Gasteiger partial charge in [0.05, 0.1) is 12.2 Å². The van der Waals surface area contributed by atoms with Gasteiger partial charge in [-0.25, -0.2) is 8.42 Å². The first kappa shape index (κ1) is 18.2. The lowest BCUT2D eigenvalue weighted by molar-refractivity contribution is 0.0787. The Morgan fingerprint density at radius 1 is 1.21 bits per heavy atom. The zero-order valence-electron chi connectivity index (χ0n) is 15.1. The molecule has 4 rings (SSSR count). The predicted octanol–water partition coefficient (Wildman–Crippen LogP) is 1.69. The number of carbonyl (C=O) groups excluding carboxylic acids is 1. The van der Waals surface area contributed by atoms with Gasteiger partial charge < -0.3 is 9.88 Å². The van der Waals surface area contributed by atoms with Crippen LogP contribution in [0.2, 0.25) is 0 Å². The Hall–Kier alpha value is -3.14. The molecule has 0 spiro atoms. The Kier molecular flexibility index (Phi) is 4.86. The number of hydrogen-bond acceptors (Lipinski definition) is 5. The van der Waals surface area contributed by atoms with Crippen molar-refractivity contribution in [3.05, 3.63) is 60.3 Å². The lowest BCUT2D eigenvalue weighted by Crippen LogP contribution is -2.27. The lowest BCUT2D eigenvalue weighted by Gasteiger charge is -2.13. The van der Waals surface area contributed by atoms with E-state index in [9.17, 15) is 13.2 Å². The Morgan fingerprint density at radius 2 is 2.04 bits per heavy atom. The largest absolute Gasteiger partial charge is 0.356 e. The van der Waals surface area contributed by atoms with Crippen LogP contribution in [0.1, 0.15) is 29.0 Å². The number of aromatic nitrogens is 4. The Morgan fingerprint density at radius 3 is 2.79 bits per heavy atom. The van der Waals surface area contributed by atoms with Crippen molar-refractivity contribution in [3.63, 3.8) is 0 Å². The summed E-state index contributed by atoms with van der Waals surface area (Å²) >= 11 is 0. The number of nitrogens with zero attached hydrogens (tertiary/aromatic N) is 4. The van der Waals surface area contributed by atoms with Gasteiger partial charge in [0, 0.05) is 37.7 Å². The summed E-state index contributed by atoms with van der Waals surface area (Å²) in [6.07, 6.45) is 6.62. The van der Waals surface area contributed by atoms with E-state index in [1.807, 2.05) is 18.2 Å². The van der Waals surface area contributed by atoms with Gasteiger partial charge in [-0.15, -0.1) is 0 Å². The van der Waals surface area contributed by atoms with Gasteiger partial charge >= 0.3 is 0 Å². The zero-order chi connectivity index (χ0) is 19.6. The lowest BCUT2D eigenvalue weighted by atomic mass is 10.3. The Labute approximate surface area is 162 Å². The van der Waals surface area contributed by atoms with Crippen LogP contribution >= 0.6 is 0 Å². The SMILES string of the molecule is O=C(c1cc(S(=O)(=O)Nc2ccn(Cc3ccccn3)n2)c[nH]1)N1CCCC1. The van der Waals surface area contributed by atoms with E-state index >= 15 is 0 Å². The molecule has 146 valence electrons. The van der Waals surface area contributed by atoms with Gasteiger partial charge in [-0.05, 0) is 31.0 Å². The van der Waals surface area contributed by atoms with Crippen molar-refractivity contribution in [1.29, 1.82) is 0 Å². The average molecular weight is 400 g/mol. The molecular weight excluding hydrogens is 380 g/mol. The normalized spacial score (nSPS) is 14.4. The van der Waals surface area contributed by atoms with Crippen molar-refractivity contribution in [2.24, 2.45) is 0 Å². The maximum Gasteiger partial charge on any atom is 0.270 e. The fourth-order valence-corrected chi connectivity index (χ4v) is 4.09. The predicted molar refractivity (Wildman–Crippen MR) is 102 cm³/mol. The third-order valence-electron chi connectivity index (χ3n) is 4.52. The molecule has 0 bridgehead atoms. The molecule has 1 aliphatic heterocycles. The van der Waals surface area contributed by atoms with E-state index in [1.165, 1.54) is 12.3 Å². The maximum atomic E-state index is 12.6. The van der Waals surface area contributed by atoms with Crippen LogP contribution in [0, 0.1) is 0 Å². The van der Waals surface area contributed by atoms with Gasteiger partial charge in [-0.1, -0.05) is 6.07 Å². The van der Waals surface area contributed by atoms with E-state index in [0.717, 1.165) is 18.5 Å². The highest BCUT2D eigenvalue weighted by Gasteiger charge is 2.24. The van der Waals surface area contributed by atoms with Crippen molar-refractivity contribution in [3.8, 4) is 0 Å². The van der Waals surface area contributed by atoms with Gasteiger partial charge in [0.1, 0.15) is 10.6 Å². The summed E-state index contributed by atoms with van der Waals surface area (Å²) in [6, 6.07) is 8.50. The molecule has 3 aromatic heterocycles. The molecule has 28 heavy (non-hydrogen) atoms. The molecule has 0 aliphatic carbocycles. The zero-order valence-corrected chi connectivity index (χ0v) is 15.9. The van der Waals surface area contributed by atoms with Gasteiger partial charge in [0.2, 0.25) is 0 Å². The number of likely N-dealkylation sites (tertiary alicyclic amines) is 1. The molecule has 3 aromatic rings. The smallest absolute Gasteiger partial charge is 0.270 e. The molecule has 1 saturated heterocycles. The summed E-state index contributed by atoms with van der Waals surface area (Å²) in [5, 5.41) is 4.22. The fourth-order valence-electron chi connectivity index (χ4n) is 3.10. The van der Waals surface area contributed by atoms with E-state index in [-0.39, 0.29) is 22.3 Å². The molecule has 4 heterocycles. The van der Waals surface area contributed by atoms with E-state index in [1.54, 1.807) is 28.0 Å². The molecule has 9 nitrogen and oxygen atoms in total. The topological polar surface area (TPSA) is 113 Å². The molecular formula is C18H20N6O3S. The minimum absolute atomic E-state index is 0.00526. The first-order valence-electron chi connectivity index (χ1n) is 8.95. The number of aromatic amines is 1. The van der Waals surface area contributed by atoms with Crippen LogP contribution in [-0.2, 0) is 16.6 Å². The van der Waals surface area contributed by atoms with Crippen LogP contribution in [0.3, 0.4) is 0 Å². The van der Waals surface area contributed by atoms with Crippen LogP contribution in [0.25, 0.3) is 0 Å². The highest BCUT2D eigenvalue weighted by atomic mass is 32.2. The van der Waals surface area contributed by atoms with Crippen LogP contribution in [0.15, 0.2) is 53.8 Å². The summed E-state index contributed by atoms with van der Waals surface area (Å²) in [6.45, 7) is 1.83. The number of amides is 1. The highest BCUT2D eigenvalue weighted by molar-refractivity contribution is 7.92. The van der Waals surface area contributed by atoms with Gasteiger partial charge in [-0.3, -0.25) is 19.2 Å². The number of rotatable bonds is 6. The monoisotopic (exact) mass is 400 g/mol. The fraction of sp³-hybridized carbons (Fsp3) is 0.278. The maximum absolute atomic E-state index is 12.6. The number of anilines is 1. The molecule has 0 radical (unpaired) electrons. The van der Waals surface area contributed by atoms with Crippen LogP contribution in [0.5, 0.6) is 0 Å². The average Bonchev–Trinajstić information content (AvgIpc) is 3.44. The molecule has 0 aromatic carbocycles. The second-order valence-corrected chi connectivity index (χ2v) is 8.26. The van der Waals surface area contributed by atoms with E-state index in [4.69, 9.17) is 0 Å². The van der Waals surface area contributed by atoms with Gasteiger partial charge in [0.25, 0.3) is 15.9 Å². The van der Waals surface area contributed by atoms with E-state index in [0.29, 0.717) is 19.6 Å². The van der Waals surface area contributed by atoms with Crippen LogP contribution < -0.4 is 4.72 Å². The molecule has 2 N–H and O–H groups in total. The molecule has 1 fully saturated rings. The van der Waals surface area contributed by atoms with Crippen molar-refractivity contribution in [2.45, 2.75) is 24.3 Å². The summed E-state index contributed by atoms with van der Waals surface area (Å²) in [7, 11) is -3.85. The molecule has 10 heteroatoms. The number of sulfonamides is 1. The van der Waals surface area contributed by atoms with Crippen molar-refractivity contribution < 1.29 is 13.2 Å². The van der Waals surface area contributed by atoms with Crippen molar-refractivity contribution in [2.75, 3.05) is 17.8 Å². The second-order valence-electron chi connectivity index (χ2n) is 6.57. The van der Waals surface area contributed by atoms with Crippen molar-refractivity contribution in [1.82, 2.24) is 24.6 Å². The number of carbonyl (C=O) groups is 1. The van der Waals surface area contributed by atoms with Gasteiger partial charge in [-0.2, -0.15) is 5.10 Å². The number of hydrogen-bond donors (Lipinski definition) is 2. The number of pyridine rings is 1. The Balaban J connectivity index is 1.45.